The summed E-state index contributed by atoms with van der Waals surface area (Å²) in [5, 5.41) is 3.05. The molecule has 6 nitrogen and oxygen atoms in total. The second kappa shape index (κ2) is 12.0. The summed E-state index contributed by atoms with van der Waals surface area (Å²) in [5.74, 6) is 0.919. The van der Waals surface area contributed by atoms with Crippen LogP contribution in [0.15, 0.2) is 79.0 Å². The molecule has 0 atom stereocenters. The van der Waals surface area contributed by atoms with Crippen LogP contribution >= 0.6 is 0 Å². The van der Waals surface area contributed by atoms with E-state index in [0.717, 1.165) is 23.4 Å². The van der Waals surface area contributed by atoms with Gasteiger partial charge in [0.1, 0.15) is 12.4 Å². The van der Waals surface area contributed by atoms with Gasteiger partial charge in [-0.3, -0.25) is 14.6 Å². The molecule has 0 bridgehead atoms. The number of nitrogens with one attached hydrogen (secondary N) is 1. The van der Waals surface area contributed by atoms with Gasteiger partial charge in [0.05, 0.1) is 5.69 Å². The Labute approximate surface area is 201 Å². The topological polar surface area (TPSA) is 71.5 Å². The van der Waals surface area contributed by atoms with Crippen LogP contribution in [-0.4, -0.2) is 34.8 Å². The van der Waals surface area contributed by atoms with Crippen molar-refractivity contribution in [3.8, 4) is 5.75 Å². The van der Waals surface area contributed by atoms with E-state index in [-0.39, 0.29) is 17.7 Å². The van der Waals surface area contributed by atoms with E-state index in [1.807, 2.05) is 77.7 Å². The fourth-order valence-electron chi connectivity index (χ4n) is 4.16. The molecule has 34 heavy (non-hydrogen) atoms. The van der Waals surface area contributed by atoms with Crippen LogP contribution in [0.2, 0.25) is 0 Å². The van der Waals surface area contributed by atoms with Crippen molar-refractivity contribution in [3.63, 3.8) is 0 Å². The minimum Gasteiger partial charge on any atom is -0.487 e. The van der Waals surface area contributed by atoms with E-state index in [0.29, 0.717) is 45.5 Å². The van der Waals surface area contributed by atoms with Crippen molar-refractivity contribution in [2.45, 2.75) is 38.8 Å². The van der Waals surface area contributed by atoms with E-state index < -0.39 is 0 Å². The molecule has 0 aliphatic carbocycles. The number of carbonyl (C=O) groups excluding carboxylic acids is 2. The number of benzene rings is 2. The number of nitrogens with zero attached hydrogens (tertiary/aromatic N) is 2. The summed E-state index contributed by atoms with van der Waals surface area (Å²) in [6.45, 7) is 2.14. The number of aryl methyl sites for hydroxylation is 1. The van der Waals surface area contributed by atoms with Crippen molar-refractivity contribution < 1.29 is 14.3 Å². The Kier molecular flexibility index (Phi) is 8.27. The van der Waals surface area contributed by atoms with Gasteiger partial charge in [0.15, 0.2) is 0 Å². The lowest BCUT2D eigenvalue weighted by Crippen LogP contribution is -2.43. The molecule has 2 heterocycles. The minimum absolute atomic E-state index is 0.0520. The van der Waals surface area contributed by atoms with Crippen LogP contribution in [0.4, 0.5) is 0 Å². The molecule has 0 spiro atoms. The van der Waals surface area contributed by atoms with Gasteiger partial charge in [-0.05, 0) is 54.7 Å². The fourth-order valence-corrected chi connectivity index (χ4v) is 4.16. The Morgan fingerprint density at radius 2 is 1.71 bits per heavy atom. The van der Waals surface area contributed by atoms with Gasteiger partial charge in [-0.1, -0.05) is 48.5 Å². The van der Waals surface area contributed by atoms with E-state index in [2.05, 4.69) is 10.3 Å². The van der Waals surface area contributed by atoms with Gasteiger partial charge < -0.3 is 15.0 Å². The predicted molar refractivity (Wildman–Crippen MR) is 131 cm³/mol. The van der Waals surface area contributed by atoms with Crippen molar-refractivity contribution >= 4 is 11.8 Å². The summed E-state index contributed by atoms with van der Waals surface area (Å²) < 4.78 is 5.83. The molecule has 1 fully saturated rings. The first kappa shape index (κ1) is 23.5. The quantitative estimate of drug-likeness (QED) is 0.524. The maximum Gasteiger partial charge on any atom is 0.223 e. The Morgan fingerprint density at radius 1 is 0.941 bits per heavy atom. The Morgan fingerprint density at radius 3 is 2.47 bits per heavy atom. The molecular weight excluding hydrogens is 426 g/mol. The second-order valence-corrected chi connectivity index (χ2v) is 8.62. The number of piperidine rings is 1. The number of amides is 2. The molecule has 0 unspecified atom stereocenters. The monoisotopic (exact) mass is 457 g/mol. The van der Waals surface area contributed by atoms with Gasteiger partial charge in [-0.25, -0.2) is 0 Å². The highest BCUT2D eigenvalue weighted by atomic mass is 16.5. The number of hydrogen-bond acceptors (Lipinski definition) is 4. The van der Waals surface area contributed by atoms with Gasteiger partial charge in [-0.2, -0.15) is 0 Å². The average molecular weight is 458 g/mol. The zero-order valence-corrected chi connectivity index (χ0v) is 19.4. The highest BCUT2D eigenvalue weighted by Gasteiger charge is 2.27. The maximum absolute atomic E-state index is 12.7. The third kappa shape index (κ3) is 6.91. The molecule has 1 saturated heterocycles. The van der Waals surface area contributed by atoms with Crippen LogP contribution < -0.4 is 10.1 Å². The van der Waals surface area contributed by atoms with Crippen LogP contribution in [-0.2, 0) is 29.2 Å². The molecule has 1 aliphatic heterocycles. The van der Waals surface area contributed by atoms with E-state index >= 15 is 0 Å². The lowest BCUT2D eigenvalue weighted by molar-refractivity contribution is -0.135. The lowest BCUT2D eigenvalue weighted by Gasteiger charge is -2.31. The maximum atomic E-state index is 12.7. The zero-order valence-electron chi connectivity index (χ0n) is 19.4. The highest BCUT2D eigenvalue weighted by molar-refractivity contribution is 5.80. The molecule has 6 heteroatoms. The number of rotatable bonds is 9. The van der Waals surface area contributed by atoms with Gasteiger partial charge in [0.2, 0.25) is 11.8 Å². The molecule has 1 aliphatic rings. The summed E-state index contributed by atoms with van der Waals surface area (Å²) in [7, 11) is 0. The van der Waals surface area contributed by atoms with Gasteiger partial charge in [0, 0.05) is 38.2 Å². The van der Waals surface area contributed by atoms with Crippen LogP contribution in [0.3, 0.4) is 0 Å². The standard InChI is InChI=1S/C28H31N3O3/c32-27(13-12-22-7-2-1-3-8-22)31-17-14-24(15-18-31)28(33)30-20-23-9-6-11-26(19-23)34-21-25-10-4-5-16-29-25/h1-11,16,19,24H,12-15,17-18,20-21H2,(H,30,33). The van der Waals surface area contributed by atoms with Crippen molar-refractivity contribution in [2.24, 2.45) is 5.92 Å². The smallest absolute Gasteiger partial charge is 0.223 e. The largest absolute Gasteiger partial charge is 0.487 e. The van der Waals surface area contributed by atoms with E-state index in [1.165, 1.54) is 5.56 Å². The predicted octanol–water partition coefficient (Wildman–Crippen LogP) is 4.15. The normalized spacial score (nSPS) is 13.9. The molecule has 2 amide bonds. The summed E-state index contributed by atoms with van der Waals surface area (Å²) in [5.41, 5.74) is 3.03. The van der Waals surface area contributed by atoms with Crippen LogP contribution in [0.5, 0.6) is 5.75 Å². The third-order valence-corrected chi connectivity index (χ3v) is 6.17. The molecule has 1 N–H and O–H groups in total. The number of carbonyl (C=O) groups is 2. The number of pyridine rings is 1. The summed E-state index contributed by atoms with van der Waals surface area (Å²) in [6.07, 6.45) is 4.42. The second-order valence-electron chi connectivity index (χ2n) is 8.62. The number of hydrogen-bond donors (Lipinski definition) is 1. The molecule has 2 aromatic carbocycles. The molecule has 176 valence electrons. The van der Waals surface area contributed by atoms with Crippen molar-refractivity contribution in [1.29, 1.82) is 0 Å². The Bertz CT molecular complexity index is 1060. The number of likely N-dealkylation sites (tertiary alicyclic amines) is 1. The minimum atomic E-state index is -0.0539. The molecule has 0 saturated carbocycles. The Balaban J connectivity index is 1.18. The third-order valence-electron chi connectivity index (χ3n) is 6.17. The SMILES string of the molecule is O=C(NCc1cccc(OCc2ccccn2)c1)C1CCN(C(=O)CCc2ccccc2)CC1. The van der Waals surface area contributed by atoms with Crippen molar-refractivity contribution in [2.75, 3.05) is 13.1 Å². The van der Waals surface area contributed by atoms with E-state index in [4.69, 9.17) is 4.74 Å². The first-order chi connectivity index (χ1) is 16.7. The van der Waals surface area contributed by atoms with Gasteiger partial charge in [0.25, 0.3) is 0 Å². The zero-order chi connectivity index (χ0) is 23.6. The van der Waals surface area contributed by atoms with Gasteiger partial charge >= 0.3 is 0 Å². The number of ether oxygens (including phenoxy) is 1. The van der Waals surface area contributed by atoms with Gasteiger partial charge in [-0.15, -0.1) is 0 Å². The van der Waals surface area contributed by atoms with E-state index in [1.54, 1.807) is 6.20 Å². The first-order valence-electron chi connectivity index (χ1n) is 11.9. The molecule has 4 rings (SSSR count). The Hall–Kier alpha value is -3.67. The summed E-state index contributed by atoms with van der Waals surface area (Å²) in [4.78, 5) is 31.4. The fraction of sp³-hybridized carbons (Fsp3) is 0.321. The highest BCUT2D eigenvalue weighted by Crippen LogP contribution is 2.20. The molecular formula is C28H31N3O3. The lowest BCUT2D eigenvalue weighted by atomic mass is 9.95. The molecule has 3 aromatic rings. The van der Waals surface area contributed by atoms with Crippen molar-refractivity contribution in [1.82, 2.24) is 15.2 Å². The molecule has 0 radical (unpaired) electrons. The summed E-state index contributed by atoms with van der Waals surface area (Å²) in [6, 6.07) is 23.5. The van der Waals surface area contributed by atoms with Crippen molar-refractivity contribution in [3.05, 3.63) is 95.8 Å². The van der Waals surface area contributed by atoms with Crippen LogP contribution in [0.1, 0.15) is 36.1 Å². The average Bonchev–Trinajstić information content (AvgIpc) is 2.91. The summed E-state index contributed by atoms with van der Waals surface area (Å²) >= 11 is 0. The van der Waals surface area contributed by atoms with Crippen LogP contribution in [0.25, 0.3) is 0 Å². The van der Waals surface area contributed by atoms with Crippen LogP contribution in [0, 0.1) is 5.92 Å². The first-order valence-corrected chi connectivity index (χ1v) is 11.9. The molecule has 1 aromatic heterocycles. The van der Waals surface area contributed by atoms with E-state index in [9.17, 15) is 9.59 Å². The number of aromatic nitrogens is 1.